The Kier molecular flexibility index (Phi) is 38.7. The van der Waals surface area contributed by atoms with Crippen molar-refractivity contribution in [1.29, 1.82) is 0 Å². The first-order valence-electron chi connectivity index (χ1n) is 22.7. The summed E-state index contributed by atoms with van der Waals surface area (Å²) in [6.07, 6.45) is 39.5. The van der Waals surface area contributed by atoms with E-state index in [1.807, 2.05) is 0 Å². The number of carboxylic acid groups (broad SMARTS) is 1. The van der Waals surface area contributed by atoms with Crippen molar-refractivity contribution in [1.82, 2.24) is 5.32 Å². The summed E-state index contributed by atoms with van der Waals surface area (Å²) >= 11 is 0. The van der Waals surface area contributed by atoms with Crippen molar-refractivity contribution < 1.29 is 47.8 Å². The summed E-state index contributed by atoms with van der Waals surface area (Å²) in [7, 11) is -4.75. The summed E-state index contributed by atoms with van der Waals surface area (Å²) in [5, 5.41) is 21.8. The fourth-order valence-corrected chi connectivity index (χ4v) is 7.26. The number of aliphatic carboxylic acids is 1. The van der Waals surface area contributed by atoms with Gasteiger partial charge in [-0.15, -0.1) is 0 Å². The Morgan fingerprint density at radius 2 is 0.929 bits per heavy atom. The highest BCUT2D eigenvalue weighted by Gasteiger charge is 2.28. The van der Waals surface area contributed by atoms with Gasteiger partial charge >= 0.3 is 19.8 Å². The SMILES string of the molecule is CCCCCCCC/C=C/CCCCCCCCCCCC(=O)OCC(O)COP(=O)(O)OCC(NC(=O)CCCCCCCCCCCCCCC)C(=O)O. The van der Waals surface area contributed by atoms with Gasteiger partial charge in [0, 0.05) is 12.8 Å². The quantitative estimate of drug-likeness (QED) is 0.0201. The lowest BCUT2D eigenvalue weighted by molar-refractivity contribution is -0.147. The van der Waals surface area contributed by atoms with Crippen molar-refractivity contribution in [3.8, 4) is 0 Å². The second-order valence-electron chi connectivity index (χ2n) is 15.6. The molecule has 0 rings (SSSR count). The Morgan fingerprint density at radius 3 is 1.36 bits per heavy atom. The second-order valence-corrected chi connectivity index (χ2v) is 17.0. The number of ether oxygens (including phenoxy) is 1. The third-order valence-corrected chi connectivity index (χ3v) is 11.0. The molecule has 11 nitrogen and oxygen atoms in total. The van der Waals surface area contributed by atoms with E-state index in [2.05, 4.69) is 31.3 Å². The molecule has 56 heavy (non-hydrogen) atoms. The molecule has 0 radical (unpaired) electrons. The minimum Gasteiger partial charge on any atom is -0.480 e. The number of aliphatic hydroxyl groups excluding tert-OH is 1. The number of unbranched alkanes of at least 4 members (excludes halogenated alkanes) is 27. The summed E-state index contributed by atoms with van der Waals surface area (Å²) in [5.74, 6) is -2.36. The summed E-state index contributed by atoms with van der Waals surface area (Å²) in [6.45, 7) is 2.60. The molecular formula is C44H84NO10P. The number of rotatable bonds is 43. The largest absolute Gasteiger partial charge is 0.480 e. The van der Waals surface area contributed by atoms with Gasteiger partial charge in [0.15, 0.2) is 6.04 Å². The molecule has 3 unspecified atom stereocenters. The van der Waals surface area contributed by atoms with E-state index in [1.54, 1.807) is 0 Å². The van der Waals surface area contributed by atoms with Crippen LogP contribution in [0.4, 0.5) is 0 Å². The monoisotopic (exact) mass is 818 g/mol. The fraction of sp³-hybridized carbons (Fsp3) is 0.886. The van der Waals surface area contributed by atoms with Crippen molar-refractivity contribution in [2.24, 2.45) is 0 Å². The van der Waals surface area contributed by atoms with Gasteiger partial charge in [0.1, 0.15) is 12.7 Å². The zero-order chi connectivity index (χ0) is 41.4. The number of carbonyl (C=O) groups is 3. The number of hydrogen-bond acceptors (Lipinski definition) is 8. The van der Waals surface area contributed by atoms with Crippen molar-refractivity contribution in [2.45, 2.75) is 231 Å². The lowest BCUT2D eigenvalue weighted by Gasteiger charge is -2.18. The molecule has 0 aliphatic heterocycles. The Hall–Kier alpha value is -1.78. The van der Waals surface area contributed by atoms with Gasteiger partial charge < -0.3 is 25.2 Å². The van der Waals surface area contributed by atoms with Crippen LogP contribution in [0.3, 0.4) is 0 Å². The van der Waals surface area contributed by atoms with Gasteiger partial charge in [-0.2, -0.15) is 0 Å². The van der Waals surface area contributed by atoms with Crippen molar-refractivity contribution >= 4 is 25.7 Å². The van der Waals surface area contributed by atoms with Crippen LogP contribution in [-0.2, 0) is 32.7 Å². The second kappa shape index (κ2) is 40.0. The van der Waals surface area contributed by atoms with E-state index in [0.717, 1.165) is 38.5 Å². The number of phosphoric ester groups is 1. The summed E-state index contributed by atoms with van der Waals surface area (Å²) in [4.78, 5) is 45.9. The lowest BCUT2D eigenvalue weighted by atomic mass is 10.0. The predicted octanol–water partition coefficient (Wildman–Crippen LogP) is 11.7. The molecular weight excluding hydrogens is 733 g/mol. The highest BCUT2D eigenvalue weighted by molar-refractivity contribution is 7.47. The van der Waals surface area contributed by atoms with E-state index in [1.165, 1.54) is 141 Å². The van der Waals surface area contributed by atoms with Crippen LogP contribution < -0.4 is 5.32 Å². The van der Waals surface area contributed by atoms with Crippen LogP contribution in [0.2, 0.25) is 0 Å². The summed E-state index contributed by atoms with van der Waals surface area (Å²) in [5.41, 5.74) is 0. The van der Waals surface area contributed by atoms with E-state index in [0.29, 0.717) is 12.8 Å². The molecule has 12 heteroatoms. The van der Waals surface area contributed by atoms with Gasteiger partial charge in [-0.25, -0.2) is 9.36 Å². The molecule has 0 saturated carbocycles. The van der Waals surface area contributed by atoms with Crippen molar-refractivity contribution in [3.05, 3.63) is 12.2 Å². The first-order chi connectivity index (χ1) is 27.1. The molecule has 0 bridgehead atoms. The molecule has 4 N–H and O–H groups in total. The van der Waals surface area contributed by atoms with Crippen molar-refractivity contribution in [2.75, 3.05) is 19.8 Å². The van der Waals surface area contributed by atoms with Crippen LogP contribution in [0.1, 0.15) is 219 Å². The number of aliphatic hydroxyl groups is 1. The predicted molar refractivity (Wildman–Crippen MR) is 226 cm³/mol. The van der Waals surface area contributed by atoms with E-state index in [-0.39, 0.29) is 12.8 Å². The average Bonchev–Trinajstić information content (AvgIpc) is 3.17. The maximum absolute atomic E-state index is 12.3. The van der Waals surface area contributed by atoms with Crippen LogP contribution >= 0.6 is 7.82 Å². The van der Waals surface area contributed by atoms with Crippen LogP contribution in [-0.4, -0.2) is 64.9 Å². The molecule has 0 aliphatic carbocycles. The number of phosphoric acid groups is 1. The molecule has 0 aliphatic rings. The van der Waals surface area contributed by atoms with E-state index in [9.17, 15) is 34.1 Å². The molecule has 0 saturated heterocycles. The van der Waals surface area contributed by atoms with Crippen LogP contribution in [0.5, 0.6) is 0 Å². The molecule has 0 spiro atoms. The van der Waals surface area contributed by atoms with Crippen LogP contribution in [0.15, 0.2) is 12.2 Å². The molecule has 0 aromatic carbocycles. The van der Waals surface area contributed by atoms with E-state index < -0.39 is 57.6 Å². The Balaban J connectivity index is 3.84. The number of hydrogen-bond donors (Lipinski definition) is 4. The fourth-order valence-electron chi connectivity index (χ4n) is 6.49. The molecule has 330 valence electrons. The summed E-state index contributed by atoms with van der Waals surface area (Å²) in [6, 6.07) is -1.54. The third kappa shape index (κ3) is 39.1. The van der Waals surface area contributed by atoms with Gasteiger partial charge in [0.05, 0.1) is 13.2 Å². The standard InChI is InChI=1S/C44H84NO10P/c1-3-5-7-9-11-13-15-17-18-19-20-21-22-24-26-28-30-32-34-36-43(48)53-37-40(46)38-54-56(51,52)55-39-41(44(49)50)45-42(47)35-33-31-29-27-25-23-16-14-12-10-8-6-4-2/h17-18,40-41,46H,3-16,19-39H2,1-2H3,(H,45,47)(H,49,50)(H,51,52)/b18-17+. The zero-order valence-electron chi connectivity index (χ0n) is 35.7. The van der Waals surface area contributed by atoms with Gasteiger partial charge in [-0.3, -0.25) is 18.6 Å². The molecule has 0 aromatic rings. The molecule has 0 heterocycles. The van der Waals surface area contributed by atoms with Gasteiger partial charge in [0.2, 0.25) is 5.91 Å². The third-order valence-electron chi connectivity index (χ3n) is 10.1. The highest BCUT2D eigenvalue weighted by atomic mass is 31.2. The average molecular weight is 818 g/mol. The summed E-state index contributed by atoms with van der Waals surface area (Å²) < 4.78 is 26.8. The lowest BCUT2D eigenvalue weighted by Crippen LogP contribution is -2.43. The highest BCUT2D eigenvalue weighted by Crippen LogP contribution is 2.43. The Labute approximate surface area is 341 Å². The minimum atomic E-state index is -4.75. The topological polar surface area (TPSA) is 169 Å². The molecule has 1 amide bonds. The molecule has 3 atom stereocenters. The maximum atomic E-state index is 12.3. The zero-order valence-corrected chi connectivity index (χ0v) is 36.6. The normalized spacial score (nSPS) is 13.8. The number of carbonyl (C=O) groups excluding carboxylic acids is 2. The van der Waals surface area contributed by atoms with Crippen LogP contribution in [0, 0.1) is 0 Å². The van der Waals surface area contributed by atoms with Gasteiger partial charge in [0.25, 0.3) is 0 Å². The Bertz CT molecular complexity index is 1010. The number of nitrogens with one attached hydrogen (secondary N) is 1. The van der Waals surface area contributed by atoms with Crippen LogP contribution in [0.25, 0.3) is 0 Å². The first kappa shape index (κ1) is 54.2. The number of esters is 1. The smallest absolute Gasteiger partial charge is 0.472 e. The van der Waals surface area contributed by atoms with Gasteiger partial charge in [-0.05, 0) is 38.5 Å². The van der Waals surface area contributed by atoms with Gasteiger partial charge in [-0.1, -0.05) is 180 Å². The van der Waals surface area contributed by atoms with E-state index in [4.69, 9.17) is 13.8 Å². The molecule has 0 fully saturated rings. The molecule has 0 aromatic heterocycles. The van der Waals surface area contributed by atoms with Crippen molar-refractivity contribution in [3.63, 3.8) is 0 Å². The van der Waals surface area contributed by atoms with E-state index >= 15 is 0 Å². The number of carboxylic acids is 1. The minimum absolute atomic E-state index is 0.151. The maximum Gasteiger partial charge on any atom is 0.472 e. The number of amides is 1. The number of allylic oxidation sites excluding steroid dienone is 2. The first-order valence-corrected chi connectivity index (χ1v) is 24.2. The Morgan fingerprint density at radius 1 is 0.554 bits per heavy atom.